The number of thioether (sulfide) groups is 1. The Kier molecular flexibility index (Phi) is 6.25. The molecule has 5 rings (SSSR count). The number of amides is 3. The van der Waals surface area contributed by atoms with Crippen molar-refractivity contribution in [3.8, 4) is 11.3 Å². The van der Waals surface area contributed by atoms with Gasteiger partial charge < -0.3 is 9.32 Å². The van der Waals surface area contributed by atoms with Gasteiger partial charge in [-0.3, -0.25) is 19.3 Å². The van der Waals surface area contributed by atoms with Crippen molar-refractivity contribution in [2.45, 2.75) is 13.0 Å². The number of imide groups is 1. The average Bonchev–Trinajstić information content (AvgIpc) is 3.40. The Balaban J connectivity index is 1.29. The zero-order chi connectivity index (χ0) is 23.8. The molecule has 6 nitrogen and oxygen atoms in total. The van der Waals surface area contributed by atoms with E-state index in [1.165, 1.54) is 11.6 Å². The van der Waals surface area contributed by atoms with Crippen LogP contribution >= 0.6 is 35.0 Å². The van der Waals surface area contributed by atoms with E-state index < -0.39 is 11.1 Å². The van der Waals surface area contributed by atoms with Crippen molar-refractivity contribution in [2.75, 3.05) is 13.1 Å². The number of carbonyl (C=O) groups excluding carboxylic acids is 3. The topological polar surface area (TPSA) is 70.8 Å². The lowest BCUT2D eigenvalue weighted by Crippen LogP contribution is -2.44. The van der Waals surface area contributed by atoms with Crippen LogP contribution in [-0.4, -0.2) is 39.9 Å². The van der Waals surface area contributed by atoms with Crippen LogP contribution in [0.1, 0.15) is 16.9 Å². The summed E-state index contributed by atoms with van der Waals surface area (Å²) in [5.74, 6) is 0.0995. The third-order valence-corrected chi connectivity index (χ3v) is 7.49. The number of halogens is 2. The molecule has 1 fully saturated rings. The number of rotatable bonds is 4. The summed E-state index contributed by atoms with van der Waals surface area (Å²) in [6.07, 6.45) is 2.25. The van der Waals surface area contributed by atoms with E-state index in [1.807, 2.05) is 18.2 Å². The molecule has 0 atom stereocenters. The van der Waals surface area contributed by atoms with Gasteiger partial charge in [0.05, 0.1) is 15.0 Å². The highest BCUT2D eigenvalue weighted by atomic mass is 35.5. The molecular weight excluding hydrogens is 495 g/mol. The zero-order valence-corrected chi connectivity index (χ0v) is 20.1. The average molecular weight is 513 g/mol. The number of hydrogen-bond acceptors (Lipinski definition) is 5. The molecule has 0 radical (unpaired) electrons. The summed E-state index contributed by atoms with van der Waals surface area (Å²) in [6, 6.07) is 16.6. The van der Waals surface area contributed by atoms with Crippen LogP contribution in [0.5, 0.6) is 0 Å². The standard InChI is InChI=1S/C25H18Cl2N2O4S/c26-19-7-3-6-18(23(19)27)20-9-8-17(33-20)12-21-24(31)29(25(32)34-21)14-22(30)28-11-10-15-4-1-2-5-16(15)13-28/h1-9,12H,10-11,13-14H2/b21-12+. The van der Waals surface area contributed by atoms with Gasteiger partial charge in [-0.1, -0.05) is 53.5 Å². The molecule has 2 aliphatic heterocycles. The molecule has 3 aromatic rings. The van der Waals surface area contributed by atoms with Gasteiger partial charge in [0.2, 0.25) is 5.91 Å². The molecule has 3 heterocycles. The Morgan fingerprint density at radius 2 is 1.82 bits per heavy atom. The number of benzene rings is 2. The number of nitrogens with zero attached hydrogens (tertiary/aromatic N) is 2. The van der Waals surface area contributed by atoms with E-state index in [2.05, 4.69) is 6.07 Å². The van der Waals surface area contributed by atoms with E-state index in [4.69, 9.17) is 27.6 Å². The van der Waals surface area contributed by atoms with Crippen LogP contribution in [0.15, 0.2) is 63.9 Å². The molecule has 34 heavy (non-hydrogen) atoms. The summed E-state index contributed by atoms with van der Waals surface area (Å²) >= 11 is 13.1. The van der Waals surface area contributed by atoms with Gasteiger partial charge in [0, 0.05) is 24.7 Å². The third-order valence-electron chi connectivity index (χ3n) is 5.77. The van der Waals surface area contributed by atoms with Crippen LogP contribution in [0.4, 0.5) is 4.79 Å². The van der Waals surface area contributed by atoms with Crippen molar-refractivity contribution in [2.24, 2.45) is 0 Å². The smallest absolute Gasteiger partial charge is 0.294 e. The second-order valence-electron chi connectivity index (χ2n) is 7.91. The van der Waals surface area contributed by atoms with Crippen LogP contribution in [0.25, 0.3) is 17.4 Å². The molecule has 0 aliphatic carbocycles. The van der Waals surface area contributed by atoms with Gasteiger partial charge in [-0.25, -0.2) is 0 Å². The maximum Gasteiger partial charge on any atom is 0.294 e. The fraction of sp³-hybridized carbons (Fsp3) is 0.160. The highest BCUT2D eigenvalue weighted by Gasteiger charge is 2.37. The lowest BCUT2D eigenvalue weighted by molar-refractivity contribution is -0.136. The molecule has 2 aliphatic rings. The number of fused-ring (bicyclic) bond motifs is 1. The minimum absolute atomic E-state index is 0.194. The predicted octanol–water partition coefficient (Wildman–Crippen LogP) is 5.87. The van der Waals surface area contributed by atoms with E-state index in [0.29, 0.717) is 40.2 Å². The third kappa shape index (κ3) is 4.39. The lowest BCUT2D eigenvalue weighted by atomic mass is 10.00. The van der Waals surface area contributed by atoms with Crippen molar-refractivity contribution >= 4 is 58.1 Å². The van der Waals surface area contributed by atoms with Gasteiger partial charge in [-0.05, 0) is 53.6 Å². The predicted molar refractivity (Wildman–Crippen MR) is 132 cm³/mol. The van der Waals surface area contributed by atoms with E-state index in [1.54, 1.807) is 35.2 Å². The summed E-state index contributed by atoms with van der Waals surface area (Å²) in [6.45, 7) is 0.747. The zero-order valence-electron chi connectivity index (χ0n) is 17.8. The van der Waals surface area contributed by atoms with E-state index in [-0.39, 0.29) is 17.4 Å². The lowest BCUT2D eigenvalue weighted by Gasteiger charge is -2.29. The fourth-order valence-electron chi connectivity index (χ4n) is 3.98. The second kappa shape index (κ2) is 9.33. The summed E-state index contributed by atoms with van der Waals surface area (Å²) in [4.78, 5) is 41.1. The van der Waals surface area contributed by atoms with Crippen molar-refractivity contribution in [1.29, 1.82) is 0 Å². The van der Waals surface area contributed by atoms with Crippen LogP contribution in [-0.2, 0) is 22.6 Å². The Bertz CT molecular complexity index is 1350. The van der Waals surface area contributed by atoms with Gasteiger partial charge in [0.25, 0.3) is 11.1 Å². The Labute approximate surface area is 210 Å². The van der Waals surface area contributed by atoms with Crippen molar-refractivity contribution in [3.05, 3.63) is 86.4 Å². The molecule has 9 heteroatoms. The van der Waals surface area contributed by atoms with Crippen LogP contribution in [0.3, 0.4) is 0 Å². The highest BCUT2D eigenvalue weighted by Crippen LogP contribution is 2.36. The molecule has 0 saturated carbocycles. The van der Waals surface area contributed by atoms with E-state index >= 15 is 0 Å². The molecule has 1 aromatic heterocycles. The van der Waals surface area contributed by atoms with Crippen molar-refractivity contribution < 1.29 is 18.8 Å². The first kappa shape index (κ1) is 22.8. The first-order valence-electron chi connectivity index (χ1n) is 10.5. The fourth-order valence-corrected chi connectivity index (χ4v) is 5.19. The molecule has 0 spiro atoms. The Morgan fingerprint density at radius 3 is 2.65 bits per heavy atom. The normalized spacial score (nSPS) is 16.9. The molecule has 172 valence electrons. The molecule has 3 amide bonds. The molecular formula is C25H18Cl2N2O4S. The van der Waals surface area contributed by atoms with Crippen molar-refractivity contribution in [3.63, 3.8) is 0 Å². The summed E-state index contributed by atoms with van der Waals surface area (Å²) < 4.78 is 5.81. The first-order chi connectivity index (χ1) is 16.4. The van der Waals surface area contributed by atoms with Gasteiger partial charge in [0.1, 0.15) is 18.1 Å². The Morgan fingerprint density at radius 1 is 1.03 bits per heavy atom. The Hall–Kier alpha value is -3.00. The van der Waals surface area contributed by atoms with Gasteiger partial charge in [-0.2, -0.15) is 0 Å². The summed E-state index contributed by atoms with van der Waals surface area (Å²) in [7, 11) is 0. The number of hydrogen-bond donors (Lipinski definition) is 0. The van der Waals surface area contributed by atoms with Crippen molar-refractivity contribution in [1.82, 2.24) is 9.80 Å². The minimum Gasteiger partial charge on any atom is -0.457 e. The maximum atomic E-state index is 12.9. The van der Waals surface area contributed by atoms with E-state index in [9.17, 15) is 14.4 Å². The second-order valence-corrected chi connectivity index (χ2v) is 9.68. The van der Waals surface area contributed by atoms with Gasteiger partial charge in [0.15, 0.2) is 0 Å². The van der Waals surface area contributed by atoms with Crippen LogP contribution in [0.2, 0.25) is 10.0 Å². The molecule has 2 aromatic carbocycles. The van der Waals surface area contributed by atoms with Crippen LogP contribution in [0, 0.1) is 0 Å². The highest BCUT2D eigenvalue weighted by molar-refractivity contribution is 8.18. The van der Waals surface area contributed by atoms with E-state index in [0.717, 1.165) is 28.6 Å². The number of furan rings is 1. The maximum absolute atomic E-state index is 12.9. The summed E-state index contributed by atoms with van der Waals surface area (Å²) in [5, 5.41) is 0.288. The molecule has 0 unspecified atom stereocenters. The van der Waals surface area contributed by atoms with Crippen LogP contribution < -0.4 is 0 Å². The monoisotopic (exact) mass is 512 g/mol. The molecule has 0 N–H and O–H groups in total. The largest absolute Gasteiger partial charge is 0.457 e. The van der Waals surface area contributed by atoms with Gasteiger partial charge in [-0.15, -0.1) is 0 Å². The summed E-state index contributed by atoms with van der Waals surface area (Å²) in [5.41, 5.74) is 2.93. The first-order valence-corrected chi connectivity index (χ1v) is 12.1. The quantitative estimate of drug-likeness (QED) is 0.408. The van der Waals surface area contributed by atoms with Gasteiger partial charge >= 0.3 is 0 Å². The SMILES string of the molecule is O=C(CN1C(=O)S/C(=C/c2ccc(-c3cccc(Cl)c3Cl)o2)C1=O)N1CCc2ccccc2C1. The molecule has 1 saturated heterocycles. The molecule has 0 bridgehead atoms. The minimum atomic E-state index is -0.514. The number of carbonyl (C=O) groups is 3.